The second kappa shape index (κ2) is 7.19. The van der Waals surface area contributed by atoms with E-state index in [1.807, 2.05) is 13.8 Å². The minimum absolute atomic E-state index is 0.0319. The van der Waals surface area contributed by atoms with E-state index in [1.165, 1.54) is 19.2 Å². The van der Waals surface area contributed by atoms with Gasteiger partial charge in [0.05, 0.1) is 17.6 Å². The van der Waals surface area contributed by atoms with Gasteiger partial charge in [0.25, 0.3) is 5.91 Å². The fraction of sp³-hybridized carbons (Fsp3) is 0.400. The fourth-order valence-corrected chi connectivity index (χ4v) is 2.57. The number of ether oxygens (including phenoxy) is 1. The molecule has 2 rings (SSSR count). The van der Waals surface area contributed by atoms with E-state index in [0.717, 1.165) is 6.07 Å². The average Bonchev–Trinajstić information content (AvgIpc) is 3.03. The van der Waals surface area contributed by atoms with Gasteiger partial charge < -0.3 is 14.5 Å². The minimum atomic E-state index is -3.95. The zero-order chi connectivity index (χ0) is 18.8. The molecule has 1 aromatic carbocycles. The van der Waals surface area contributed by atoms with Gasteiger partial charge in [-0.25, -0.2) is 13.6 Å². The van der Waals surface area contributed by atoms with Crippen LogP contribution in [0.3, 0.4) is 0 Å². The first kappa shape index (κ1) is 18.9. The van der Waals surface area contributed by atoms with Crippen molar-refractivity contribution in [2.24, 2.45) is 5.14 Å². The Morgan fingerprint density at radius 2 is 1.88 bits per heavy atom. The first-order valence-corrected chi connectivity index (χ1v) is 9.03. The molecule has 25 heavy (non-hydrogen) atoms. The van der Waals surface area contributed by atoms with Crippen molar-refractivity contribution in [1.82, 2.24) is 15.5 Å². The number of benzene rings is 1. The van der Waals surface area contributed by atoms with Gasteiger partial charge in [-0.05, 0) is 25.1 Å². The van der Waals surface area contributed by atoms with Gasteiger partial charge in [0.2, 0.25) is 21.8 Å². The van der Waals surface area contributed by atoms with E-state index in [0.29, 0.717) is 5.89 Å². The zero-order valence-electron chi connectivity index (χ0n) is 14.3. The maximum absolute atomic E-state index is 12.5. The van der Waals surface area contributed by atoms with Crippen molar-refractivity contribution in [2.75, 3.05) is 7.11 Å². The third kappa shape index (κ3) is 4.34. The lowest BCUT2D eigenvalue weighted by Gasteiger charge is -2.13. The molecule has 0 radical (unpaired) electrons. The van der Waals surface area contributed by atoms with Crippen molar-refractivity contribution < 1.29 is 22.4 Å². The molecule has 0 saturated carbocycles. The summed E-state index contributed by atoms with van der Waals surface area (Å²) in [6, 6.07) is 3.21. The quantitative estimate of drug-likeness (QED) is 0.784. The summed E-state index contributed by atoms with van der Waals surface area (Å²) >= 11 is 0. The van der Waals surface area contributed by atoms with Crippen LogP contribution >= 0.6 is 0 Å². The molecule has 0 aliphatic rings. The van der Waals surface area contributed by atoms with E-state index in [2.05, 4.69) is 15.5 Å². The molecule has 1 aromatic heterocycles. The summed E-state index contributed by atoms with van der Waals surface area (Å²) in [6.07, 6.45) is 0. The van der Waals surface area contributed by atoms with Gasteiger partial charge >= 0.3 is 0 Å². The molecular formula is C15H20N4O5S. The molecule has 9 nitrogen and oxygen atoms in total. The second-order valence-corrected chi connectivity index (χ2v) is 7.30. The number of nitrogens with one attached hydrogen (secondary N) is 1. The van der Waals surface area contributed by atoms with Gasteiger partial charge in [-0.2, -0.15) is 0 Å². The molecule has 0 spiro atoms. The summed E-state index contributed by atoms with van der Waals surface area (Å²) in [5.41, 5.74) is 0.0319. The van der Waals surface area contributed by atoms with Crippen LogP contribution in [0.5, 0.6) is 5.75 Å². The summed E-state index contributed by atoms with van der Waals surface area (Å²) in [4.78, 5) is 12.3. The van der Waals surface area contributed by atoms with Crippen LogP contribution < -0.4 is 15.2 Å². The molecule has 1 atom stereocenters. The van der Waals surface area contributed by atoms with E-state index in [-0.39, 0.29) is 28.0 Å². The van der Waals surface area contributed by atoms with E-state index >= 15 is 0 Å². The highest BCUT2D eigenvalue weighted by molar-refractivity contribution is 7.89. The number of hydrogen-bond acceptors (Lipinski definition) is 7. The van der Waals surface area contributed by atoms with Crippen molar-refractivity contribution in [3.05, 3.63) is 35.5 Å². The third-order valence-electron chi connectivity index (χ3n) is 3.41. The number of nitrogens with zero attached hydrogens (tertiary/aromatic N) is 2. The Bertz CT molecular complexity index is 876. The number of carbonyl (C=O) groups is 1. The highest BCUT2D eigenvalue weighted by atomic mass is 32.2. The average molecular weight is 368 g/mol. The third-order valence-corrected chi connectivity index (χ3v) is 4.32. The summed E-state index contributed by atoms with van der Waals surface area (Å²) in [5, 5.41) is 15.6. The van der Waals surface area contributed by atoms with E-state index < -0.39 is 22.0 Å². The maximum atomic E-state index is 12.5. The highest BCUT2D eigenvalue weighted by Gasteiger charge is 2.22. The van der Waals surface area contributed by atoms with Crippen molar-refractivity contribution >= 4 is 15.9 Å². The molecule has 0 unspecified atom stereocenters. The molecule has 0 fully saturated rings. The molecular weight excluding hydrogens is 348 g/mol. The molecule has 1 heterocycles. The van der Waals surface area contributed by atoms with Gasteiger partial charge in [0.15, 0.2) is 0 Å². The van der Waals surface area contributed by atoms with E-state index in [9.17, 15) is 13.2 Å². The van der Waals surface area contributed by atoms with Gasteiger partial charge in [-0.15, -0.1) is 10.2 Å². The monoisotopic (exact) mass is 368 g/mol. The Labute approximate surface area is 145 Å². The number of nitrogens with two attached hydrogens (primary N) is 1. The van der Waals surface area contributed by atoms with Crippen LogP contribution in [0.15, 0.2) is 27.5 Å². The Morgan fingerprint density at radius 3 is 2.40 bits per heavy atom. The van der Waals surface area contributed by atoms with Crippen LogP contribution in [0.1, 0.15) is 54.9 Å². The Hall–Kier alpha value is -2.46. The molecule has 1 amide bonds. The predicted octanol–water partition coefficient (Wildman–Crippen LogP) is 1.34. The van der Waals surface area contributed by atoms with Gasteiger partial charge in [0, 0.05) is 5.92 Å². The highest BCUT2D eigenvalue weighted by Crippen LogP contribution is 2.23. The zero-order valence-corrected chi connectivity index (χ0v) is 15.1. The first-order valence-electron chi connectivity index (χ1n) is 7.48. The Morgan fingerprint density at radius 1 is 1.24 bits per heavy atom. The summed E-state index contributed by atoms with van der Waals surface area (Å²) in [7, 11) is -2.57. The van der Waals surface area contributed by atoms with Crippen LogP contribution in [-0.2, 0) is 10.0 Å². The lowest BCUT2D eigenvalue weighted by Crippen LogP contribution is -2.27. The minimum Gasteiger partial charge on any atom is -0.496 e. The normalized spacial score (nSPS) is 12.9. The lowest BCUT2D eigenvalue weighted by molar-refractivity contribution is 0.0930. The lowest BCUT2D eigenvalue weighted by atomic mass is 10.1. The number of hydrogen-bond donors (Lipinski definition) is 2. The second-order valence-electron chi connectivity index (χ2n) is 5.74. The predicted molar refractivity (Wildman–Crippen MR) is 88.6 cm³/mol. The number of rotatable bonds is 6. The summed E-state index contributed by atoms with van der Waals surface area (Å²) in [6.45, 7) is 5.49. The van der Waals surface area contributed by atoms with Gasteiger partial charge in [-0.3, -0.25) is 4.79 Å². The number of primary sulfonamides is 1. The molecule has 0 aliphatic carbocycles. The molecule has 0 aliphatic heterocycles. The molecule has 2 aromatic rings. The molecule has 136 valence electrons. The smallest absolute Gasteiger partial charge is 0.255 e. The molecule has 3 N–H and O–H groups in total. The molecule has 10 heteroatoms. The van der Waals surface area contributed by atoms with E-state index in [1.54, 1.807) is 6.92 Å². The van der Waals surface area contributed by atoms with Crippen LogP contribution in [0.4, 0.5) is 0 Å². The van der Waals surface area contributed by atoms with Crippen LogP contribution in [0.2, 0.25) is 0 Å². The number of aromatic nitrogens is 2. The van der Waals surface area contributed by atoms with E-state index in [4.69, 9.17) is 14.3 Å². The topological polar surface area (TPSA) is 137 Å². The Balaban J connectivity index is 2.27. The fourth-order valence-electron chi connectivity index (χ4n) is 2.03. The van der Waals surface area contributed by atoms with Gasteiger partial charge in [-0.1, -0.05) is 13.8 Å². The van der Waals surface area contributed by atoms with Crippen molar-refractivity contribution in [3.63, 3.8) is 0 Å². The number of methoxy groups -OCH3 is 1. The standard InChI is InChI=1S/C15H20N4O5S/c1-8(2)14-18-19-15(24-14)9(3)17-13(20)11-7-10(25(16,21)22)5-6-12(11)23-4/h5-9H,1-4H3,(H,17,20)(H2,16,21,22)/t9-/m1/s1. The number of carbonyl (C=O) groups excluding carboxylic acids is 1. The number of amides is 1. The molecule has 0 saturated heterocycles. The van der Waals surface area contributed by atoms with Crippen molar-refractivity contribution in [1.29, 1.82) is 0 Å². The van der Waals surface area contributed by atoms with Crippen LogP contribution in [0.25, 0.3) is 0 Å². The van der Waals surface area contributed by atoms with Crippen LogP contribution in [0, 0.1) is 0 Å². The number of sulfonamides is 1. The molecule has 0 bridgehead atoms. The van der Waals surface area contributed by atoms with Crippen molar-refractivity contribution in [3.8, 4) is 5.75 Å². The summed E-state index contributed by atoms with van der Waals surface area (Å²) in [5.74, 6) is 0.434. The summed E-state index contributed by atoms with van der Waals surface area (Å²) < 4.78 is 33.6. The maximum Gasteiger partial charge on any atom is 0.255 e. The van der Waals surface area contributed by atoms with Crippen LogP contribution in [-0.4, -0.2) is 31.6 Å². The van der Waals surface area contributed by atoms with Crippen molar-refractivity contribution in [2.45, 2.75) is 37.6 Å². The first-order chi connectivity index (χ1) is 11.6. The Kier molecular flexibility index (Phi) is 5.43. The van der Waals surface area contributed by atoms with Gasteiger partial charge in [0.1, 0.15) is 11.8 Å². The SMILES string of the molecule is COc1ccc(S(N)(=O)=O)cc1C(=O)N[C@H](C)c1nnc(C(C)C)o1. The largest absolute Gasteiger partial charge is 0.496 e.